The van der Waals surface area contributed by atoms with Crippen LogP contribution in [-0.4, -0.2) is 62.7 Å². The van der Waals surface area contributed by atoms with E-state index in [1.165, 1.54) is 6.07 Å². The van der Waals surface area contributed by atoms with Gasteiger partial charge in [0.05, 0.1) is 17.7 Å². The van der Waals surface area contributed by atoms with E-state index in [1.807, 2.05) is 12.0 Å². The number of nitrogens with one attached hydrogen (secondary N) is 1. The van der Waals surface area contributed by atoms with Crippen molar-refractivity contribution in [1.29, 1.82) is 0 Å². The average Bonchev–Trinajstić information content (AvgIpc) is 3.41. The fourth-order valence-electron chi connectivity index (χ4n) is 4.62. The molecular weight excluding hydrogens is 596 g/mol. The van der Waals surface area contributed by atoms with Gasteiger partial charge in [0.25, 0.3) is 5.91 Å². The number of Topliss-reactive ketones (excluding diaryl/α,β-unsaturated/α-hetero) is 1. The lowest BCUT2D eigenvalue weighted by Gasteiger charge is -2.44. The van der Waals surface area contributed by atoms with E-state index in [1.54, 1.807) is 35.2 Å². The number of carboxylic acids is 1. The number of halogens is 7. The Hall–Kier alpha value is -4.07. The van der Waals surface area contributed by atoms with Gasteiger partial charge in [0.2, 0.25) is 0 Å². The molecule has 2 aromatic carbocycles. The molecule has 3 heterocycles. The van der Waals surface area contributed by atoms with Crippen molar-refractivity contribution in [2.75, 3.05) is 13.1 Å². The summed E-state index contributed by atoms with van der Waals surface area (Å²) >= 11 is 6.16. The Bertz CT molecular complexity index is 1530. The van der Waals surface area contributed by atoms with Crippen LogP contribution in [0, 0.1) is 6.92 Å². The minimum absolute atomic E-state index is 0.0298. The van der Waals surface area contributed by atoms with Gasteiger partial charge < -0.3 is 14.7 Å². The third-order valence-corrected chi connectivity index (χ3v) is 7.27. The molecular formula is C27H22ClF6N3O5. The van der Waals surface area contributed by atoms with Crippen molar-refractivity contribution in [2.24, 2.45) is 0 Å². The van der Waals surface area contributed by atoms with Gasteiger partial charge in [-0.25, -0.2) is 4.79 Å². The Morgan fingerprint density at radius 2 is 1.71 bits per heavy atom. The number of aromatic nitrogens is 2. The van der Waals surface area contributed by atoms with Gasteiger partial charge in [0.1, 0.15) is 17.0 Å². The number of carbonyl (C=O) groups excluding carboxylic acids is 2. The van der Waals surface area contributed by atoms with Crippen LogP contribution in [0.25, 0.3) is 11.3 Å². The lowest BCUT2D eigenvalue weighted by atomic mass is 9.82. The van der Waals surface area contributed by atoms with Crippen LogP contribution in [-0.2, 0) is 11.0 Å². The Morgan fingerprint density at radius 1 is 1.07 bits per heavy atom. The van der Waals surface area contributed by atoms with Gasteiger partial charge in [-0.05, 0) is 42.8 Å². The maximum absolute atomic E-state index is 13.2. The smallest absolute Gasteiger partial charge is 0.486 e. The predicted octanol–water partition coefficient (Wildman–Crippen LogP) is 6.33. The standard InChI is InChI=1S/C25H21ClF3N3O3.C2HF3O2/c1-14-9-21-17(11-18(14)26)20(33)13-24(35-21)5-7-32(8-6-24)23(34)16-4-2-3-15(10-16)19-12-22(31-30-19)25(27,28)29;3-2(4,5)1(6)7/h2-4,9-12H,5-8,13H2,1H3,(H,30,31);(H,6,7). The second-order valence-corrected chi connectivity index (χ2v) is 10.2. The average molecular weight is 618 g/mol. The second-order valence-electron chi connectivity index (χ2n) is 9.82. The molecule has 0 unspecified atom stereocenters. The summed E-state index contributed by atoms with van der Waals surface area (Å²) in [5.41, 5.74) is 0.538. The Kier molecular flexibility index (Phi) is 8.31. The number of amides is 1. The van der Waals surface area contributed by atoms with Crippen LogP contribution in [0.1, 0.15) is 51.2 Å². The first kappa shape index (κ1) is 30.9. The number of benzene rings is 2. The number of alkyl halides is 6. The highest BCUT2D eigenvalue weighted by Gasteiger charge is 2.44. The lowest BCUT2D eigenvalue weighted by molar-refractivity contribution is -0.192. The summed E-state index contributed by atoms with van der Waals surface area (Å²) in [6, 6.07) is 10.7. The van der Waals surface area contributed by atoms with Crippen molar-refractivity contribution >= 4 is 29.3 Å². The normalized spacial score (nSPS) is 16.3. The number of ether oxygens (including phenoxy) is 1. The molecule has 1 saturated heterocycles. The predicted molar refractivity (Wildman–Crippen MR) is 136 cm³/mol. The Balaban J connectivity index is 0.000000517. The molecule has 15 heteroatoms. The van der Waals surface area contributed by atoms with Crippen LogP contribution >= 0.6 is 11.6 Å². The number of carbonyl (C=O) groups is 3. The largest absolute Gasteiger partial charge is 0.490 e. The molecule has 0 saturated carbocycles. The fourth-order valence-corrected chi connectivity index (χ4v) is 4.78. The van der Waals surface area contributed by atoms with Crippen molar-refractivity contribution in [3.8, 4) is 17.0 Å². The van der Waals surface area contributed by atoms with Crippen LogP contribution < -0.4 is 4.74 Å². The summed E-state index contributed by atoms with van der Waals surface area (Å²) in [7, 11) is 0. The quantitative estimate of drug-likeness (QED) is 0.325. The molecule has 1 fully saturated rings. The van der Waals surface area contributed by atoms with E-state index in [0.717, 1.165) is 11.6 Å². The van der Waals surface area contributed by atoms with Gasteiger partial charge in [0, 0.05) is 42.1 Å². The SMILES string of the molecule is Cc1cc2c(cc1Cl)C(=O)CC1(CCN(C(=O)c3cccc(-c4cc(C(F)(F)F)[nH]n4)c3)CC1)O2.O=C(O)C(F)(F)F. The van der Waals surface area contributed by atoms with Crippen molar-refractivity contribution in [2.45, 2.75) is 44.1 Å². The zero-order valence-electron chi connectivity index (χ0n) is 21.7. The zero-order valence-corrected chi connectivity index (χ0v) is 22.5. The zero-order chi connectivity index (χ0) is 31.0. The maximum Gasteiger partial charge on any atom is 0.490 e. The maximum atomic E-state index is 13.2. The number of aromatic amines is 1. The molecule has 2 aliphatic heterocycles. The van der Waals surface area contributed by atoms with E-state index in [0.29, 0.717) is 53.4 Å². The number of likely N-dealkylation sites (tertiary alicyclic amines) is 1. The van der Waals surface area contributed by atoms with Gasteiger partial charge in [-0.3, -0.25) is 14.7 Å². The molecule has 42 heavy (non-hydrogen) atoms. The molecule has 224 valence electrons. The molecule has 3 aromatic rings. The van der Waals surface area contributed by atoms with Gasteiger partial charge in [-0.15, -0.1) is 0 Å². The summed E-state index contributed by atoms with van der Waals surface area (Å²) in [5, 5.41) is 13.4. The van der Waals surface area contributed by atoms with Gasteiger partial charge >= 0.3 is 18.3 Å². The van der Waals surface area contributed by atoms with Crippen LogP contribution in [0.3, 0.4) is 0 Å². The third kappa shape index (κ3) is 6.69. The second kappa shape index (κ2) is 11.3. The lowest BCUT2D eigenvalue weighted by Crippen LogP contribution is -2.52. The number of fused-ring (bicyclic) bond motifs is 1. The van der Waals surface area contributed by atoms with Crippen molar-refractivity contribution < 1.29 is 50.6 Å². The van der Waals surface area contributed by atoms with E-state index >= 15 is 0 Å². The molecule has 0 bridgehead atoms. The van der Waals surface area contributed by atoms with E-state index in [9.17, 15) is 35.9 Å². The molecule has 2 N–H and O–H groups in total. The molecule has 5 rings (SSSR count). The summed E-state index contributed by atoms with van der Waals surface area (Å²) in [4.78, 5) is 36.5. The number of piperidine rings is 1. The molecule has 0 atom stereocenters. The first-order valence-corrected chi connectivity index (χ1v) is 12.7. The Labute approximate surface area is 239 Å². The molecule has 1 amide bonds. The monoisotopic (exact) mass is 617 g/mol. The Morgan fingerprint density at radius 3 is 2.29 bits per heavy atom. The number of aliphatic carboxylic acids is 1. The number of carboxylic acid groups (broad SMARTS) is 1. The summed E-state index contributed by atoms with van der Waals surface area (Å²) < 4.78 is 76.7. The molecule has 1 spiro atoms. The number of rotatable bonds is 2. The fraction of sp³-hybridized carbons (Fsp3) is 0.333. The topological polar surface area (TPSA) is 113 Å². The van der Waals surface area contributed by atoms with Crippen molar-refractivity contribution in [3.05, 3.63) is 69.9 Å². The molecule has 2 aliphatic rings. The van der Waals surface area contributed by atoms with E-state index < -0.39 is 29.6 Å². The van der Waals surface area contributed by atoms with Crippen LogP contribution in [0.15, 0.2) is 42.5 Å². The number of hydrogen-bond acceptors (Lipinski definition) is 5. The number of ketones is 1. The molecule has 0 radical (unpaired) electrons. The van der Waals surface area contributed by atoms with E-state index in [2.05, 4.69) is 5.10 Å². The van der Waals surface area contributed by atoms with Crippen molar-refractivity contribution in [1.82, 2.24) is 15.1 Å². The third-order valence-electron chi connectivity index (χ3n) is 6.86. The van der Waals surface area contributed by atoms with Crippen LogP contribution in [0.4, 0.5) is 26.3 Å². The van der Waals surface area contributed by atoms with Gasteiger partial charge in [0.15, 0.2) is 5.78 Å². The first-order chi connectivity index (χ1) is 19.5. The van der Waals surface area contributed by atoms with Gasteiger partial charge in [-0.1, -0.05) is 23.7 Å². The molecule has 8 nitrogen and oxygen atoms in total. The number of aryl methyl sites for hydroxylation is 1. The number of nitrogens with zero attached hydrogens (tertiary/aromatic N) is 2. The minimum atomic E-state index is -5.08. The van der Waals surface area contributed by atoms with E-state index in [4.69, 9.17) is 26.2 Å². The first-order valence-electron chi connectivity index (χ1n) is 12.3. The highest BCUT2D eigenvalue weighted by atomic mass is 35.5. The summed E-state index contributed by atoms with van der Waals surface area (Å²) in [5.74, 6) is -2.50. The minimum Gasteiger partial charge on any atom is -0.486 e. The molecule has 0 aliphatic carbocycles. The van der Waals surface area contributed by atoms with Crippen LogP contribution in [0.2, 0.25) is 5.02 Å². The van der Waals surface area contributed by atoms with Gasteiger partial charge in [-0.2, -0.15) is 31.4 Å². The highest BCUT2D eigenvalue weighted by Crippen LogP contribution is 2.41. The summed E-state index contributed by atoms with van der Waals surface area (Å²) in [6.45, 7) is 2.62. The highest BCUT2D eigenvalue weighted by molar-refractivity contribution is 6.31. The number of hydrogen-bond donors (Lipinski definition) is 2. The molecule has 1 aromatic heterocycles. The van der Waals surface area contributed by atoms with Crippen LogP contribution in [0.5, 0.6) is 5.75 Å². The van der Waals surface area contributed by atoms with Crippen molar-refractivity contribution in [3.63, 3.8) is 0 Å². The number of H-pyrrole nitrogens is 1. The van der Waals surface area contributed by atoms with E-state index in [-0.39, 0.29) is 23.8 Å². The summed E-state index contributed by atoms with van der Waals surface area (Å²) in [6.07, 6.45) is -8.42.